The van der Waals surface area contributed by atoms with Gasteiger partial charge in [0.15, 0.2) is 5.65 Å². The van der Waals surface area contributed by atoms with Crippen molar-refractivity contribution in [3.8, 4) is 22.5 Å². The predicted octanol–water partition coefficient (Wildman–Crippen LogP) is 3.04. The highest BCUT2D eigenvalue weighted by Crippen LogP contribution is 2.26. The van der Waals surface area contributed by atoms with E-state index in [1.807, 2.05) is 54.7 Å². The molecular weight excluding hydrogens is 274 g/mol. The molecule has 0 amide bonds. The van der Waals surface area contributed by atoms with Crippen molar-refractivity contribution in [3.05, 3.63) is 67.1 Å². The second-order valence-electron chi connectivity index (χ2n) is 4.98. The average molecular weight is 287 g/mol. The number of pyridine rings is 1. The van der Waals surface area contributed by atoms with E-state index in [0.717, 1.165) is 33.8 Å². The summed E-state index contributed by atoms with van der Waals surface area (Å²) in [6, 6.07) is 15.4. The van der Waals surface area contributed by atoms with E-state index in [4.69, 9.17) is 10.7 Å². The Morgan fingerprint density at radius 2 is 1.91 bits per heavy atom. The van der Waals surface area contributed by atoms with E-state index in [9.17, 15) is 0 Å². The highest BCUT2D eigenvalue weighted by molar-refractivity contribution is 5.79. The van der Waals surface area contributed by atoms with Gasteiger partial charge in [0.25, 0.3) is 0 Å². The smallest absolute Gasteiger partial charge is 0.163 e. The van der Waals surface area contributed by atoms with Crippen LogP contribution in [0.15, 0.2) is 67.1 Å². The number of hydrogen-bond acceptors (Lipinski definition) is 4. The van der Waals surface area contributed by atoms with E-state index in [0.29, 0.717) is 0 Å². The summed E-state index contributed by atoms with van der Waals surface area (Å²) in [5.41, 5.74) is 11.0. The zero-order valence-corrected chi connectivity index (χ0v) is 11.7. The van der Waals surface area contributed by atoms with Crippen LogP contribution in [-0.4, -0.2) is 19.6 Å². The van der Waals surface area contributed by atoms with Gasteiger partial charge in [-0.3, -0.25) is 4.98 Å². The van der Waals surface area contributed by atoms with Crippen molar-refractivity contribution >= 4 is 11.3 Å². The maximum Gasteiger partial charge on any atom is 0.163 e. The minimum absolute atomic E-state index is 0.720. The van der Waals surface area contributed by atoms with Gasteiger partial charge in [0, 0.05) is 23.6 Å². The van der Waals surface area contributed by atoms with Crippen LogP contribution in [0.25, 0.3) is 28.2 Å². The minimum atomic E-state index is 0.720. The zero-order valence-electron chi connectivity index (χ0n) is 11.7. The van der Waals surface area contributed by atoms with Gasteiger partial charge < -0.3 is 5.73 Å². The molecule has 0 radical (unpaired) electrons. The minimum Gasteiger partial charge on any atom is -0.399 e. The second kappa shape index (κ2) is 4.96. The number of aromatic nitrogens is 4. The van der Waals surface area contributed by atoms with Gasteiger partial charge in [-0.2, -0.15) is 5.10 Å². The van der Waals surface area contributed by atoms with Gasteiger partial charge in [0.2, 0.25) is 0 Å². The predicted molar refractivity (Wildman–Crippen MR) is 86.1 cm³/mol. The fraction of sp³-hybridized carbons (Fsp3) is 0. The third kappa shape index (κ3) is 2.09. The molecule has 3 aromatic heterocycles. The third-order valence-electron chi connectivity index (χ3n) is 3.49. The average Bonchev–Trinajstić information content (AvgIpc) is 2.99. The molecule has 106 valence electrons. The number of nitrogens with two attached hydrogens (primary N) is 1. The lowest BCUT2D eigenvalue weighted by Gasteiger charge is -2.03. The quantitative estimate of drug-likeness (QED) is 0.575. The summed E-state index contributed by atoms with van der Waals surface area (Å²) in [7, 11) is 0. The molecule has 0 fully saturated rings. The lowest BCUT2D eigenvalue weighted by atomic mass is 10.1. The van der Waals surface area contributed by atoms with Crippen LogP contribution in [0.5, 0.6) is 0 Å². The van der Waals surface area contributed by atoms with Crippen molar-refractivity contribution in [3.63, 3.8) is 0 Å². The Bertz CT molecular complexity index is 944. The Morgan fingerprint density at radius 1 is 0.955 bits per heavy atom. The number of fused-ring (bicyclic) bond motifs is 1. The molecule has 1 aromatic carbocycles. The van der Waals surface area contributed by atoms with Gasteiger partial charge in [-0.15, -0.1) is 0 Å². The first-order valence-corrected chi connectivity index (χ1v) is 6.93. The molecule has 0 aliphatic heterocycles. The fourth-order valence-corrected chi connectivity index (χ4v) is 2.44. The van der Waals surface area contributed by atoms with Crippen molar-refractivity contribution in [2.24, 2.45) is 0 Å². The molecule has 0 saturated heterocycles. The molecule has 0 spiro atoms. The highest BCUT2D eigenvalue weighted by atomic mass is 15.2. The van der Waals surface area contributed by atoms with Gasteiger partial charge in [-0.25, -0.2) is 9.50 Å². The summed E-state index contributed by atoms with van der Waals surface area (Å²) in [6.07, 6.45) is 5.46. The summed E-state index contributed by atoms with van der Waals surface area (Å²) in [6.45, 7) is 0. The first kappa shape index (κ1) is 12.5. The maximum absolute atomic E-state index is 5.87. The summed E-state index contributed by atoms with van der Waals surface area (Å²) in [5, 5.41) is 4.35. The van der Waals surface area contributed by atoms with Crippen molar-refractivity contribution < 1.29 is 0 Å². The monoisotopic (exact) mass is 287 g/mol. The molecule has 5 nitrogen and oxygen atoms in total. The first-order chi connectivity index (χ1) is 10.8. The number of nitrogens with zero attached hydrogens (tertiary/aromatic N) is 4. The Balaban J connectivity index is 1.91. The number of hydrogen-bond donors (Lipinski definition) is 1. The Labute approximate surface area is 127 Å². The molecule has 5 heteroatoms. The van der Waals surface area contributed by atoms with Crippen molar-refractivity contribution in [2.45, 2.75) is 0 Å². The van der Waals surface area contributed by atoms with E-state index >= 15 is 0 Å². The Hall–Kier alpha value is -3.21. The van der Waals surface area contributed by atoms with Crippen molar-refractivity contribution in [1.82, 2.24) is 19.6 Å². The molecule has 0 bridgehead atoms. The van der Waals surface area contributed by atoms with E-state index in [2.05, 4.69) is 10.1 Å². The van der Waals surface area contributed by atoms with Crippen molar-refractivity contribution in [1.29, 1.82) is 0 Å². The van der Waals surface area contributed by atoms with E-state index < -0.39 is 0 Å². The van der Waals surface area contributed by atoms with E-state index in [-0.39, 0.29) is 0 Å². The fourth-order valence-electron chi connectivity index (χ4n) is 2.44. The number of rotatable bonds is 2. The van der Waals surface area contributed by atoms with Crippen LogP contribution in [0.1, 0.15) is 0 Å². The van der Waals surface area contributed by atoms with Crippen LogP contribution in [0.4, 0.5) is 5.69 Å². The summed E-state index contributed by atoms with van der Waals surface area (Å²) < 4.78 is 1.75. The molecule has 0 unspecified atom stereocenters. The number of benzene rings is 1. The van der Waals surface area contributed by atoms with E-state index in [1.165, 1.54) is 0 Å². The maximum atomic E-state index is 5.87. The lowest BCUT2D eigenvalue weighted by Crippen LogP contribution is -1.94. The van der Waals surface area contributed by atoms with Crippen LogP contribution in [0.2, 0.25) is 0 Å². The zero-order chi connectivity index (χ0) is 14.9. The molecule has 0 aliphatic carbocycles. The molecule has 0 atom stereocenters. The molecule has 4 aromatic rings. The molecule has 4 rings (SSSR count). The lowest BCUT2D eigenvalue weighted by molar-refractivity contribution is 0.940. The number of anilines is 1. The molecule has 0 saturated carbocycles. The van der Waals surface area contributed by atoms with Crippen LogP contribution < -0.4 is 5.73 Å². The molecule has 0 aliphatic rings. The van der Waals surface area contributed by atoms with Crippen LogP contribution in [0, 0.1) is 0 Å². The Morgan fingerprint density at radius 3 is 2.73 bits per heavy atom. The molecule has 3 heterocycles. The third-order valence-corrected chi connectivity index (χ3v) is 3.49. The second-order valence-corrected chi connectivity index (χ2v) is 4.98. The normalized spacial score (nSPS) is 10.9. The van der Waals surface area contributed by atoms with E-state index in [1.54, 1.807) is 16.9 Å². The SMILES string of the molecule is Nc1cccc(-c2cnn3ccc(-c4ccccn4)nc23)c1. The van der Waals surface area contributed by atoms with Crippen LogP contribution in [0.3, 0.4) is 0 Å². The standard InChI is InChI=1S/C17H13N5/c18-13-5-3-4-12(10-13)14-11-20-22-9-7-16(21-17(14)22)15-6-1-2-8-19-15/h1-11H,18H2. The van der Waals surface area contributed by atoms with Gasteiger partial charge >= 0.3 is 0 Å². The summed E-state index contributed by atoms with van der Waals surface area (Å²) >= 11 is 0. The van der Waals surface area contributed by atoms with Gasteiger partial charge in [0.05, 0.1) is 17.6 Å². The highest BCUT2D eigenvalue weighted by Gasteiger charge is 2.10. The number of nitrogen functional groups attached to an aromatic ring is 1. The molecular formula is C17H13N5. The van der Waals surface area contributed by atoms with Crippen LogP contribution in [-0.2, 0) is 0 Å². The summed E-state index contributed by atoms with van der Waals surface area (Å²) in [5.74, 6) is 0. The van der Waals surface area contributed by atoms with Gasteiger partial charge in [-0.1, -0.05) is 18.2 Å². The Kier molecular flexibility index (Phi) is 2.83. The molecule has 2 N–H and O–H groups in total. The van der Waals surface area contributed by atoms with Gasteiger partial charge in [0.1, 0.15) is 0 Å². The van der Waals surface area contributed by atoms with Crippen LogP contribution >= 0.6 is 0 Å². The largest absolute Gasteiger partial charge is 0.399 e. The molecule has 22 heavy (non-hydrogen) atoms. The van der Waals surface area contributed by atoms with Crippen molar-refractivity contribution in [2.75, 3.05) is 5.73 Å². The first-order valence-electron chi connectivity index (χ1n) is 6.93. The topological polar surface area (TPSA) is 69.1 Å². The van der Waals surface area contributed by atoms with Gasteiger partial charge in [-0.05, 0) is 35.9 Å². The summed E-state index contributed by atoms with van der Waals surface area (Å²) in [4.78, 5) is 9.05.